The molecule has 1 aromatic heterocycles. The fraction of sp³-hybridized carbons (Fsp3) is 0.364. The van der Waals surface area contributed by atoms with Crippen LogP contribution in [0.5, 0.6) is 0 Å². The molecule has 0 bridgehead atoms. The summed E-state index contributed by atoms with van der Waals surface area (Å²) in [4.78, 5) is 0. The summed E-state index contributed by atoms with van der Waals surface area (Å²) in [7, 11) is 0. The van der Waals surface area contributed by atoms with Gasteiger partial charge in [0, 0.05) is 11.8 Å². The summed E-state index contributed by atoms with van der Waals surface area (Å²) in [6, 6.07) is 6.18. The molecule has 1 aromatic carbocycles. The maximum absolute atomic E-state index is 5.50. The van der Waals surface area contributed by atoms with Crippen molar-refractivity contribution in [2.45, 2.75) is 19.8 Å². The van der Waals surface area contributed by atoms with Gasteiger partial charge in [0.1, 0.15) is 0 Å². The first-order chi connectivity index (χ1) is 6.85. The van der Waals surface area contributed by atoms with E-state index in [0.717, 1.165) is 29.5 Å². The molecule has 15 heavy (non-hydrogen) atoms. The van der Waals surface area contributed by atoms with Crippen molar-refractivity contribution in [1.29, 1.82) is 0 Å². The molecule has 2 rings (SSSR count). The van der Waals surface area contributed by atoms with Crippen LogP contribution in [-0.4, -0.2) is 11.7 Å². The fourth-order valence-corrected chi connectivity index (χ4v) is 1.57. The van der Waals surface area contributed by atoms with E-state index in [1.54, 1.807) is 0 Å². The largest absolute Gasteiger partial charge is 0.356 e. The molecule has 0 spiro atoms. The molecule has 0 aliphatic heterocycles. The van der Waals surface area contributed by atoms with E-state index in [-0.39, 0.29) is 12.4 Å². The lowest BCUT2D eigenvalue weighted by atomic mass is 10.1. The summed E-state index contributed by atoms with van der Waals surface area (Å²) in [6.45, 7) is 2.75. The van der Waals surface area contributed by atoms with Crippen molar-refractivity contribution in [3.63, 3.8) is 0 Å². The molecule has 0 fully saturated rings. The monoisotopic (exact) mass is 226 g/mol. The minimum atomic E-state index is 0. The predicted octanol–water partition coefficient (Wildman–Crippen LogP) is 2.31. The fourth-order valence-electron chi connectivity index (χ4n) is 1.57. The smallest absolute Gasteiger partial charge is 0.167 e. The summed E-state index contributed by atoms with van der Waals surface area (Å²) in [5, 5.41) is 5.11. The Morgan fingerprint density at radius 2 is 2.20 bits per heavy atom. The van der Waals surface area contributed by atoms with E-state index in [4.69, 9.17) is 10.3 Å². The third kappa shape index (κ3) is 2.30. The molecule has 0 saturated heterocycles. The SMILES string of the molecule is CCc1ccc2onc(CCN)c2c1.Cl. The number of aromatic nitrogens is 1. The highest BCUT2D eigenvalue weighted by molar-refractivity contribution is 5.85. The lowest BCUT2D eigenvalue weighted by Gasteiger charge is -1.96. The van der Waals surface area contributed by atoms with Gasteiger partial charge >= 0.3 is 0 Å². The third-order valence-electron chi connectivity index (χ3n) is 2.40. The lowest BCUT2D eigenvalue weighted by Crippen LogP contribution is -2.02. The minimum Gasteiger partial charge on any atom is -0.356 e. The van der Waals surface area contributed by atoms with Crippen LogP contribution in [0.25, 0.3) is 11.0 Å². The zero-order valence-electron chi connectivity index (χ0n) is 8.69. The van der Waals surface area contributed by atoms with Gasteiger partial charge in [-0.05, 0) is 30.7 Å². The number of aryl methyl sites for hydroxylation is 1. The molecule has 2 N–H and O–H groups in total. The zero-order valence-corrected chi connectivity index (χ0v) is 9.51. The van der Waals surface area contributed by atoms with Gasteiger partial charge in [-0.1, -0.05) is 18.1 Å². The van der Waals surface area contributed by atoms with Crippen LogP contribution in [0.15, 0.2) is 22.7 Å². The number of rotatable bonds is 3. The van der Waals surface area contributed by atoms with Gasteiger partial charge in [-0.3, -0.25) is 0 Å². The van der Waals surface area contributed by atoms with Crippen LogP contribution in [0.2, 0.25) is 0 Å². The molecule has 2 aromatic rings. The van der Waals surface area contributed by atoms with E-state index in [2.05, 4.69) is 24.2 Å². The summed E-state index contributed by atoms with van der Waals surface area (Å²) in [6.07, 6.45) is 1.81. The van der Waals surface area contributed by atoms with Crippen LogP contribution in [-0.2, 0) is 12.8 Å². The molecule has 3 nitrogen and oxygen atoms in total. The first kappa shape index (κ1) is 12.0. The van der Waals surface area contributed by atoms with Crippen LogP contribution >= 0.6 is 12.4 Å². The standard InChI is InChI=1S/C11H14N2O.ClH/c1-2-8-3-4-11-9(7-8)10(5-6-12)13-14-11;/h3-4,7H,2,5-6,12H2,1H3;1H. The van der Waals surface area contributed by atoms with E-state index in [1.807, 2.05) is 6.07 Å². The number of fused-ring (bicyclic) bond motifs is 1. The Bertz CT molecular complexity index is 439. The molecule has 0 radical (unpaired) electrons. The van der Waals surface area contributed by atoms with Gasteiger partial charge in [-0.15, -0.1) is 12.4 Å². The van der Waals surface area contributed by atoms with Gasteiger partial charge in [0.15, 0.2) is 5.58 Å². The second-order valence-electron chi connectivity index (χ2n) is 3.35. The van der Waals surface area contributed by atoms with Crippen molar-refractivity contribution < 1.29 is 4.52 Å². The molecule has 0 aliphatic rings. The summed E-state index contributed by atoms with van der Waals surface area (Å²) in [5.74, 6) is 0. The molecule has 0 atom stereocenters. The Hall–Kier alpha value is -1.06. The van der Waals surface area contributed by atoms with Crippen molar-refractivity contribution in [3.8, 4) is 0 Å². The second kappa shape index (κ2) is 5.14. The maximum atomic E-state index is 5.50. The molecular formula is C11H15ClN2O. The van der Waals surface area contributed by atoms with Crippen LogP contribution < -0.4 is 5.73 Å². The molecule has 0 unspecified atom stereocenters. The first-order valence-corrected chi connectivity index (χ1v) is 4.92. The van der Waals surface area contributed by atoms with Crippen molar-refractivity contribution >= 4 is 23.4 Å². The Kier molecular flexibility index (Phi) is 4.12. The number of halogens is 1. The number of hydrogen-bond acceptors (Lipinski definition) is 3. The number of nitrogens with two attached hydrogens (primary N) is 1. The molecule has 82 valence electrons. The summed E-state index contributed by atoms with van der Waals surface area (Å²) in [5.41, 5.74) is 8.63. The van der Waals surface area contributed by atoms with Gasteiger partial charge in [0.05, 0.1) is 5.69 Å². The van der Waals surface area contributed by atoms with Crippen molar-refractivity contribution in [3.05, 3.63) is 29.5 Å². The van der Waals surface area contributed by atoms with Gasteiger partial charge < -0.3 is 10.3 Å². The third-order valence-corrected chi connectivity index (χ3v) is 2.40. The predicted molar refractivity (Wildman–Crippen MR) is 63.4 cm³/mol. The highest BCUT2D eigenvalue weighted by Gasteiger charge is 2.07. The lowest BCUT2D eigenvalue weighted by molar-refractivity contribution is 0.446. The quantitative estimate of drug-likeness (QED) is 0.874. The zero-order chi connectivity index (χ0) is 9.97. The van der Waals surface area contributed by atoms with Crippen LogP contribution in [0.1, 0.15) is 18.2 Å². The van der Waals surface area contributed by atoms with Crippen molar-refractivity contribution in [1.82, 2.24) is 5.16 Å². The number of benzene rings is 1. The Balaban J connectivity index is 0.00000112. The molecular weight excluding hydrogens is 212 g/mol. The number of hydrogen-bond donors (Lipinski definition) is 1. The van der Waals surface area contributed by atoms with E-state index in [1.165, 1.54) is 5.56 Å². The van der Waals surface area contributed by atoms with Gasteiger partial charge in [-0.2, -0.15) is 0 Å². The van der Waals surface area contributed by atoms with Gasteiger partial charge in [0.25, 0.3) is 0 Å². The Labute approximate surface area is 95.0 Å². The highest BCUT2D eigenvalue weighted by atomic mass is 35.5. The molecule has 0 amide bonds. The molecule has 0 aliphatic carbocycles. The molecule has 4 heteroatoms. The van der Waals surface area contributed by atoms with Crippen LogP contribution in [0, 0.1) is 0 Å². The van der Waals surface area contributed by atoms with E-state index < -0.39 is 0 Å². The Morgan fingerprint density at radius 3 is 2.87 bits per heavy atom. The second-order valence-corrected chi connectivity index (χ2v) is 3.35. The van der Waals surface area contributed by atoms with Crippen LogP contribution in [0.4, 0.5) is 0 Å². The minimum absolute atomic E-state index is 0. The normalized spacial score (nSPS) is 10.3. The topological polar surface area (TPSA) is 52.0 Å². The average molecular weight is 227 g/mol. The Morgan fingerprint density at radius 1 is 1.40 bits per heavy atom. The number of nitrogens with zero attached hydrogens (tertiary/aromatic N) is 1. The molecule has 0 saturated carbocycles. The summed E-state index contributed by atoms with van der Waals surface area (Å²) >= 11 is 0. The van der Waals surface area contributed by atoms with E-state index in [9.17, 15) is 0 Å². The average Bonchev–Trinajstić information content (AvgIpc) is 2.61. The molecule has 1 heterocycles. The van der Waals surface area contributed by atoms with Crippen LogP contribution in [0.3, 0.4) is 0 Å². The highest BCUT2D eigenvalue weighted by Crippen LogP contribution is 2.20. The van der Waals surface area contributed by atoms with Gasteiger partial charge in [-0.25, -0.2) is 0 Å². The van der Waals surface area contributed by atoms with Crippen molar-refractivity contribution in [2.24, 2.45) is 5.73 Å². The van der Waals surface area contributed by atoms with E-state index in [0.29, 0.717) is 6.54 Å². The van der Waals surface area contributed by atoms with Crippen molar-refractivity contribution in [2.75, 3.05) is 6.54 Å². The van der Waals surface area contributed by atoms with Gasteiger partial charge in [0.2, 0.25) is 0 Å². The van der Waals surface area contributed by atoms with E-state index >= 15 is 0 Å². The maximum Gasteiger partial charge on any atom is 0.167 e. The first-order valence-electron chi connectivity index (χ1n) is 4.92. The summed E-state index contributed by atoms with van der Waals surface area (Å²) < 4.78 is 5.20.